The molecule has 5 heteroatoms. The first-order valence-electron chi connectivity index (χ1n) is 10.1. The Balaban J connectivity index is 1.74. The van der Waals surface area contributed by atoms with Gasteiger partial charge in [-0.05, 0) is 49.6 Å². The van der Waals surface area contributed by atoms with E-state index in [4.69, 9.17) is 4.74 Å². The smallest absolute Gasteiger partial charge is 0.131 e. The van der Waals surface area contributed by atoms with Crippen LogP contribution in [0.4, 0.5) is 8.78 Å². The van der Waals surface area contributed by atoms with E-state index in [-0.39, 0.29) is 17.6 Å². The monoisotopic (exact) mass is 394 g/mol. The first-order valence-corrected chi connectivity index (χ1v) is 10.1. The molecule has 29 heavy (non-hydrogen) atoms. The molecule has 2 aliphatic rings. The van der Waals surface area contributed by atoms with Crippen molar-refractivity contribution >= 4 is 17.0 Å². The fourth-order valence-electron chi connectivity index (χ4n) is 4.89. The third-order valence-electron chi connectivity index (χ3n) is 6.20. The van der Waals surface area contributed by atoms with Crippen LogP contribution in [0.15, 0.2) is 42.5 Å². The Labute approximate surface area is 169 Å². The van der Waals surface area contributed by atoms with Crippen molar-refractivity contribution in [2.24, 2.45) is 0 Å². The Morgan fingerprint density at radius 1 is 1.14 bits per heavy atom. The third-order valence-corrected chi connectivity index (χ3v) is 6.20. The van der Waals surface area contributed by atoms with E-state index in [0.717, 1.165) is 28.6 Å². The molecule has 3 heterocycles. The summed E-state index contributed by atoms with van der Waals surface area (Å²) in [6.07, 6.45) is 4.34. The molecule has 2 aromatic carbocycles. The molecule has 1 N–H and O–H groups in total. The summed E-state index contributed by atoms with van der Waals surface area (Å²) < 4.78 is 36.0. The third kappa shape index (κ3) is 2.92. The van der Waals surface area contributed by atoms with Gasteiger partial charge >= 0.3 is 0 Å². The van der Waals surface area contributed by atoms with Gasteiger partial charge in [-0.25, -0.2) is 8.78 Å². The highest BCUT2D eigenvalue weighted by molar-refractivity contribution is 5.85. The number of fused-ring (bicyclic) bond motifs is 3. The molecule has 0 aliphatic carbocycles. The Kier molecular flexibility index (Phi) is 4.52. The maximum Gasteiger partial charge on any atom is 0.131 e. The molecule has 5 rings (SSSR count). The van der Waals surface area contributed by atoms with Crippen LogP contribution in [0, 0.1) is 11.6 Å². The average molecular weight is 394 g/mol. The van der Waals surface area contributed by atoms with Crippen LogP contribution in [0.5, 0.6) is 0 Å². The highest BCUT2D eigenvalue weighted by Crippen LogP contribution is 2.44. The Morgan fingerprint density at radius 2 is 1.86 bits per heavy atom. The van der Waals surface area contributed by atoms with Crippen LogP contribution >= 0.6 is 0 Å². The van der Waals surface area contributed by atoms with E-state index in [1.54, 1.807) is 12.2 Å². The number of nitrogens with one attached hydrogen (secondary N) is 1. The molecule has 1 saturated heterocycles. The fraction of sp³-hybridized carbons (Fsp3) is 0.333. The van der Waals surface area contributed by atoms with Gasteiger partial charge in [-0.2, -0.15) is 0 Å². The molecule has 0 radical (unpaired) electrons. The van der Waals surface area contributed by atoms with Crippen molar-refractivity contribution in [3.05, 3.63) is 76.5 Å². The summed E-state index contributed by atoms with van der Waals surface area (Å²) in [6, 6.07) is 10.7. The lowest BCUT2D eigenvalue weighted by atomic mass is 9.86. The van der Waals surface area contributed by atoms with Crippen LogP contribution in [-0.2, 0) is 11.2 Å². The lowest BCUT2D eigenvalue weighted by Gasteiger charge is -2.48. The number of aromatic amines is 1. The van der Waals surface area contributed by atoms with E-state index in [1.165, 1.54) is 12.1 Å². The van der Waals surface area contributed by atoms with Crippen molar-refractivity contribution in [2.75, 3.05) is 13.2 Å². The largest absolute Gasteiger partial charge is 0.378 e. The first kappa shape index (κ1) is 18.5. The molecule has 0 unspecified atom stereocenters. The van der Waals surface area contributed by atoms with Gasteiger partial charge < -0.3 is 9.72 Å². The zero-order valence-electron chi connectivity index (χ0n) is 16.6. The van der Waals surface area contributed by atoms with Crippen LogP contribution < -0.4 is 0 Å². The number of rotatable bonds is 3. The maximum absolute atomic E-state index is 15.3. The number of ether oxygens (including phenoxy) is 1. The van der Waals surface area contributed by atoms with Crippen molar-refractivity contribution in [1.29, 1.82) is 0 Å². The average Bonchev–Trinajstić information content (AvgIpc) is 3.00. The van der Waals surface area contributed by atoms with Gasteiger partial charge in [0, 0.05) is 28.2 Å². The molecule has 0 saturated carbocycles. The van der Waals surface area contributed by atoms with Crippen molar-refractivity contribution in [2.45, 2.75) is 38.4 Å². The number of aromatic nitrogens is 1. The molecule has 1 fully saturated rings. The minimum atomic E-state index is -0.507. The number of benzene rings is 2. The topological polar surface area (TPSA) is 28.3 Å². The summed E-state index contributed by atoms with van der Waals surface area (Å²) in [7, 11) is 0. The first-order chi connectivity index (χ1) is 14.1. The van der Waals surface area contributed by atoms with E-state index in [1.807, 2.05) is 25.1 Å². The summed E-state index contributed by atoms with van der Waals surface area (Å²) in [4.78, 5) is 5.72. The standard InChI is InChI=1S/C24H24F2N2O/c1-3-6-15-10-19(25)22(20(26)11-15)24-23-18(17-7-4-5-8-21(17)27-23)9-14(2)28(24)16-12-29-13-16/h3-8,10-11,14,16,24,27H,9,12-13H2,1-2H3/b6-3+/t14-,24-/m1/s1. The molecule has 0 bridgehead atoms. The fourth-order valence-corrected chi connectivity index (χ4v) is 4.89. The van der Waals surface area contributed by atoms with Gasteiger partial charge in [-0.3, -0.25) is 4.90 Å². The quantitative estimate of drug-likeness (QED) is 0.660. The normalized spacial score (nSPS) is 22.9. The van der Waals surface area contributed by atoms with Crippen LogP contribution in [0.1, 0.15) is 42.3 Å². The molecule has 1 aromatic heterocycles. The minimum absolute atomic E-state index is 0.115. The van der Waals surface area contributed by atoms with Crippen LogP contribution in [0.2, 0.25) is 0 Å². The van der Waals surface area contributed by atoms with Gasteiger partial charge in [0.2, 0.25) is 0 Å². The molecule has 0 amide bonds. The number of H-pyrrole nitrogens is 1. The van der Waals surface area contributed by atoms with E-state index < -0.39 is 17.7 Å². The van der Waals surface area contributed by atoms with E-state index in [2.05, 4.69) is 22.9 Å². The molecular weight excluding hydrogens is 370 g/mol. The molecule has 3 aromatic rings. The molecule has 2 atom stereocenters. The second-order valence-electron chi connectivity index (χ2n) is 8.06. The zero-order valence-corrected chi connectivity index (χ0v) is 16.6. The van der Waals surface area contributed by atoms with E-state index in [9.17, 15) is 0 Å². The molecular formula is C24H24F2N2O. The van der Waals surface area contributed by atoms with Crippen molar-refractivity contribution in [1.82, 2.24) is 9.88 Å². The lowest BCUT2D eigenvalue weighted by Crippen LogP contribution is -2.56. The number of allylic oxidation sites excluding steroid dienone is 1. The Bertz CT molecular complexity index is 1080. The summed E-state index contributed by atoms with van der Waals surface area (Å²) in [5.74, 6) is -1.01. The SMILES string of the molecule is C/C=C/c1cc(F)c([C@@H]2c3[nH]c4ccccc4c3C[C@@H](C)N2C2COC2)c(F)c1. The van der Waals surface area contributed by atoms with Gasteiger partial charge in [0.1, 0.15) is 11.6 Å². The van der Waals surface area contributed by atoms with Gasteiger partial charge in [-0.1, -0.05) is 30.4 Å². The summed E-state index contributed by atoms with van der Waals surface area (Å²) in [6.45, 7) is 5.16. The number of hydrogen-bond donors (Lipinski definition) is 1. The molecule has 3 nitrogen and oxygen atoms in total. The number of para-hydroxylation sites is 1. The number of hydrogen-bond acceptors (Lipinski definition) is 2. The van der Waals surface area contributed by atoms with E-state index in [0.29, 0.717) is 18.8 Å². The van der Waals surface area contributed by atoms with Crippen molar-refractivity contribution < 1.29 is 13.5 Å². The molecule has 150 valence electrons. The lowest BCUT2D eigenvalue weighted by molar-refractivity contribution is -0.0926. The highest BCUT2D eigenvalue weighted by Gasteiger charge is 2.43. The highest BCUT2D eigenvalue weighted by atomic mass is 19.1. The van der Waals surface area contributed by atoms with Crippen molar-refractivity contribution in [3.63, 3.8) is 0 Å². The van der Waals surface area contributed by atoms with Gasteiger partial charge in [0.05, 0.1) is 25.3 Å². The second kappa shape index (κ2) is 7.08. The van der Waals surface area contributed by atoms with Gasteiger partial charge in [0.15, 0.2) is 0 Å². The minimum Gasteiger partial charge on any atom is -0.378 e. The van der Waals surface area contributed by atoms with E-state index >= 15 is 8.78 Å². The van der Waals surface area contributed by atoms with Crippen molar-refractivity contribution in [3.8, 4) is 0 Å². The number of nitrogens with zero attached hydrogens (tertiary/aromatic N) is 1. The molecule has 2 aliphatic heterocycles. The summed E-state index contributed by atoms with van der Waals surface area (Å²) in [5.41, 5.74) is 3.71. The maximum atomic E-state index is 15.3. The van der Waals surface area contributed by atoms with Crippen LogP contribution in [0.25, 0.3) is 17.0 Å². The zero-order chi connectivity index (χ0) is 20.1. The van der Waals surface area contributed by atoms with Gasteiger partial charge in [0.25, 0.3) is 0 Å². The number of halogens is 2. The Morgan fingerprint density at radius 3 is 2.52 bits per heavy atom. The summed E-state index contributed by atoms with van der Waals surface area (Å²) in [5, 5.41) is 1.13. The predicted molar refractivity (Wildman–Crippen MR) is 111 cm³/mol. The second-order valence-corrected chi connectivity index (χ2v) is 8.06. The Hall–Kier alpha value is -2.50. The predicted octanol–water partition coefficient (Wildman–Crippen LogP) is 5.21. The molecule has 0 spiro atoms. The summed E-state index contributed by atoms with van der Waals surface area (Å²) >= 11 is 0. The van der Waals surface area contributed by atoms with Gasteiger partial charge in [-0.15, -0.1) is 0 Å². The van der Waals surface area contributed by atoms with Crippen LogP contribution in [-0.4, -0.2) is 35.2 Å². The van der Waals surface area contributed by atoms with Crippen LogP contribution in [0.3, 0.4) is 0 Å².